The molecule has 82 valence electrons. The van der Waals surface area contributed by atoms with Crippen molar-refractivity contribution in [2.75, 3.05) is 19.7 Å². The van der Waals surface area contributed by atoms with E-state index < -0.39 is 5.41 Å². The first-order valence-corrected chi connectivity index (χ1v) is 5.16. The molecule has 1 amide bonds. The van der Waals surface area contributed by atoms with Crippen LogP contribution in [0.3, 0.4) is 0 Å². The maximum Gasteiger partial charge on any atom is 0.227 e. The molecule has 0 aromatic heterocycles. The molecule has 0 bridgehead atoms. The minimum Gasteiger partial charge on any atom is -0.376 e. The Hall–Kier alpha value is -0.610. The second-order valence-corrected chi connectivity index (χ2v) is 4.43. The second kappa shape index (κ2) is 4.75. The highest BCUT2D eigenvalue weighted by atomic mass is 16.5. The fraction of sp³-hybridized carbons (Fsp3) is 0.900. The summed E-state index contributed by atoms with van der Waals surface area (Å²) >= 11 is 0. The van der Waals surface area contributed by atoms with E-state index in [-0.39, 0.29) is 12.0 Å². The maximum atomic E-state index is 11.6. The number of ether oxygens (including phenoxy) is 1. The SMILES string of the molecule is CC(C)(CN)C(=O)NCC1CCCO1. The van der Waals surface area contributed by atoms with Gasteiger partial charge in [-0.25, -0.2) is 0 Å². The molecule has 1 fully saturated rings. The van der Waals surface area contributed by atoms with E-state index in [1.807, 2.05) is 13.8 Å². The summed E-state index contributed by atoms with van der Waals surface area (Å²) in [6, 6.07) is 0. The van der Waals surface area contributed by atoms with Crippen molar-refractivity contribution in [1.29, 1.82) is 0 Å². The van der Waals surface area contributed by atoms with Gasteiger partial charge < -0.3 is 15.8 Å². The van der Waals surface area contributed by atoms with Gasteiger partial charge >= 0.3 is 0 Å². The van der Waals surface area contributed by atoms with Crippen LogP contribution in [0.15, 0.2) is 0 Å². The van der Waals surface area contributed by atoms with Crippen LogP contribution in [-0.4, -0.2) is 31.7 Å². The zero-order chi connectivity index (χ0) is 10.6. The van der Waals surface area contributed by atoms with Crippen LogP contribution in [-0.2, 0) is 9.53 Å². The quantitative estimate of drug-likeness (QED) is 0.684. The third kappa shape index (κ3) is 2.96. The Labute approximate surface area is 85.2 Å². The minimum atomic E-state index is -0.474. The van der Waals surface area contributed by atoms with E-state index in [4.69, 9.17) is 10.5 Å². The van der Waals surface area contributed by atoms with Crippen molar-refractivity contribution in [2.45, 2.75) is 32.8 Å². The van der Waals surface area contributed by atoms with E-state index >= 15 is 0 Å². The van der Waals surface area contributed by atoms with Gasteiger partial charge in [0.1, 0.15) is 0 Å². The van der Waals surface area contributed by atoms with E-state index in [9.17, 15) is 4.79 Å². The van der Waals surface area contributed by atoms with E-state index in [1.54, 1.807) is 0 Å². The van der Waals surface area contributed by atoms with Gasteiger partial charge in [0.05, 0.1) is 11.5 Å². The van der Waals surface area contributed by atoms with Gasteiger partial charge in [-0.1, -0.05) is 0 Å². The largest absolute Gasteiger partial charge is 0.376 e. The highest BCUT2D eigenvalue weighted by Gasteiger charge is 2.26. The predicted octanol–water partition coefficient (Wildman–Crippen LogP) is 0.267. The molecule has 14 heavy (non-hydrogen) atoms. The average molecular weight is 200 g/mol. The fourth-order valence-corrected chi connectivity index (χ4v) is 1.34. The highest BCUT2D eigenvalue weighted by molar-refractivity contribution is 5.82. The first kappa shape index (κ1) is 11.5. The van der Waals surface area contributed by atoms with Crippen molar-refractivity contribution in [3.63, 3.8) is 0 Å². The van der Waals surface area contributed by atoms with Crippen LogP contribution >= 0.6 is 0 Å². The van der Waals surface area contributed by atoms with Gasteiger partial charge in [0.2, 0.25) is 5.91 Å². The van der Waals surface area contributed by atoms with Gasteiger partial charge in [0.15, 0.2) is 0 Å². The summed E-state index contributed by atoms with van der Waals surface area (Å²) in [5, 5.41) is 2.87. The highest BCUT2D eigenvalue weighted by Crippen LogP contribution is 2.14. The molecule has 0 saturated carbocycles. The lowest BCUT2D eigenvalue weighted by molar-refractivity contribution is -0.129. The Morgan fingerprint density at radius 1 is 1.64 bits per heavy atom. The molecule has 1 unspecified atom stereocenters. The van der Waals surface area contributed by atoms with Crippen LogP contribution in [0.2, 0.25) is 0 Å². The molecule has 4 nitrogen and oxygen atoms in total. The molecule has 1 rings (SSSR count). The van der Waals surface area contributed by atoms with Gasteiger partial charge in [0, 0.05) is 19.7 Å². The molecule has 0 spiro atoms. The van der Waals surface area contributed by atoms with Crippen LogP contribution < -0.4 is 11.1 Å². The number of carbonyl (C=O) groups excluding carboxylic acids is 1. The Morgan fingerprint density at radius 2 is 2.36 bits per heavy atom. The molecule has 0 radical (unpaired) electrons. The smallest absolute Gasteiger partial charge is 0.227 e. The molecule has 1 aliphatic rings. The lowest BCUT2D eigenvalue weighted by Gasteiger charge is -2.22. The number of hydrogen-bond donors (Lipinski definition) is 2. The van der Waals surface area contributed by atoms with Crippen molar-refractivity contribution < 1.29 is 9.53 Å². The van der Waals surface area contributed by atoms with Gasteiger partial charge in [-0.05, 0) is 26.7 Å². The van der Waals surface area contributed by atoms with Crippen LogP contribution in [0.25, 0.3) is 0 Å². The number of carbonyl (C=O) groups is 1. The zero-order valence-electron chi connectivity index (χ0n) is 9.01. The van der Waals surface area contributed by atoms with Crippen molar-refractivity contribution in [1.82, 2.24) is 5.32 Å². The van der Waals surface area contributed by atoms with E-state index in [1.165, 1.54) is 0 Å². The number of nitrogens with one attached hydrogen (secondary N) is 1. The van der Waals surface area contributed by atoms with E-state index in [2.05, 4.69) is 5.32 Å². The normalized spacial score (nSPS) is 22.4. The topological polar surface area (TPSA) is 64.4 Å². The Bertz CT molecular complexity index is 198. The molecule has 0 aromatic rings. The molecule has 0 aromatic carbocycles. The third-order valence-electron chi connectivity index (χ3n) is 2.64. The lowest BCUT2D eigenvalue weighted by atomic mass is 9.92. The van der Waals surface area contributed by atoms with Crippen molar-refractivity contribution in [3.05, 3.63) is 0 Å². The van der Waals surface area contributed by atoms with Gasteiger partial charge in [-0.15, -0.1) is 0 Å². The van der Waals surface area contributed by atoms with Crippen LogP contribution in [0, 0.1) is 5.41 Å². The molecule has 0 aliphatic carbocycles. The predicted molar refractivity (Wildman–Crippen MR) is 54.8 cm³/mol. The van der Waals surface area contributed by atoms with Gasteiger partial charge in [-0.2, -0.15) is 0 Å². The summed E-state index contributed by atoms with van der Waals surface area (Å²) in [7, 11) is 0. The first-order chi connectivity index (χ1) is 6.56. The molecule has 3 N–H and O–H groups in total. The monoisotopic (exact) mass is 200 g/mol. The first-order valence-electron chi connectivity index (χ1n) is 5.16. The molecule has 1 atom stereocenters. The summed E-state index contributed by atoms with van der Waals surface area (Å²) < 4.78 is 5.40. The zero-order valence-corrected chi connectivity index (χ0v) is 9.01. The second-order valence-electron chi connectivity index (χ2n) is 4.43. The van der Waals surface area contributed by atoms with Crippen LogP contribution in [0.1, 0.15) is 26.7 Å². The number of hydrogen-bond acceptors (Lipinski definition) is 3. The maximum absolute atomic E-state index is 11.6. The standard InChI is InChI=1S/C10H20N2O2/c1-10(2,7-11)9(13)12-6-8-4-3-5-14-8/h8H,3-7,11H2,1-2H3,(H,12,13). The minimum absolute atomic E-state index is 0.00972. The lowest BCUT2D eigenvalue weighted by Crippen LogP contribution is -2.44. The summed E-state index contributed by atoms with van der Waals surface area (Å²) in [6.45, 7) is 5.49. The molecule has 1 heterocycles. The molecule has 1 saturated heterocycles. The van der Waals surface area contributed by atoms with Crippen LogP contribution in [0.5, 0.6) is 0 Å². The summed E-state index contributed by atoms with van der Waals surface area (Å²) in [6.07, 6.45) is 2.34. The van der Waals surface area contributed by atoms with E-state index in [0.717, 1.165) is 19.4 Å². The Balaban J connectivity index is 2.26. The van der Waals surface area contributed by atoms with Crippen molar-refractivity contribution >= 4 is 5.91 Å². The molecular formula is C10H20N2O2. The third-order valence-corrected chi connectivity index (χ3v) is 2.64. The number of rotatable bonds is 4. The average Bonchev–Trinajstić information content (AvgIpc) is 2.66. The summed E-state index contributed by atoms with van der Waals surface area (Å²) in [5.41, 5.74) is 5.03. The number of nitrogens with two attached hydrogens (primary N) is 1. The molecular weight excluding hydrogens is 180 g/mol. The van der Waals surface area contributed by atoms with Crippen molar-refractivity contribution in [3.8, 4) is 0 Å². The summed E-state index contributed by atoms with van der Waals surface area (Å²) in [4.78, 5) is 11.6. The van der Waals surface area contributed by atoms with Gasteiger partial charge in [-0.3, -0.25) is 4.79 Å². The Morgan fingerprint density at radius 3 is 2.86 bits per heavy atom. The van der Waals surface area contributed by atoms with Crippen LogP contribution in [0.4, 0.5) is 0 Å². The number of amides is 1. The molecule has 4 heteroatoms. The fourth-order valence-electron chi connectivity index (χ4n) is 1.34. The molecule has 1 aliphatic heterocycles. The van der Waals surface area contributed by atoms with E-state index in [0.29, 0.717) is 13.1 Å². The van der Waals surface area contributed by atoms with Crippen molar-refractivity contribution in [2.24, 2.45) is 11.1 Å². The summed E-state index contributed by atoms with van der Waals surface area (Å²) in [5.74, 6) is 0.00972. The Kier molecular flexibility index (Phi) is 3.89. The van der Waals surface area contributed by atoms with Gasteiger partial charge in [0.25, 0.3) is 0 Å².